The van der Waals surface area contributed by atoms with Crippen molar-refractivity contribution in [3.05, 3.63) is 44.6 Å². The van der Waals surface area contributed by atoms with E-state index in [-0.39, 0.29) is 29.3 Å². The number of Topliss-reactive ketones (excluding diaryl/α,β-unsaturated/α-hetero) is 1. The second kappa shape index (κ2) is 7.76. The van der Waals surface area contributed by atoms with Crippen LogP contribution >= 0.6 is 11.3 Å². The van der Waals surface area contributed by atoms with Crippen molar-refractivity contribution in [3.63, 3.8) is 0 Å². The van der Waals surface area contributed by atoms with Crippen molar-refractivity contribution in [1.29, 1.82) is 0 Å². The van der Waals surface area contributed by atoms with Crippen molar-refractivity contribution in [2.24, 2.45) is 11.3 Å². The number of hydrogen-bond donors (Lipinski definition) is 1. The Morgan fingerprint density at radius 1 is 1.30 bits per heavy atom. The van der Waals surface area contributed by atoms with Crippen LogP contribution in [-0.4, -0.2) is 33.3 Å². The lowest BCUT2D eigenvalue weighted by molar-refractivity contribution is -0.118. The van der Waals surface area contributed by atoms with E-state index in [1.807, 2.05) is 0 Å². The third-order valence-corrected chi connectivity index (χ3v) is 7.91. The first-order valence-electron chi connectivity index (χ1n) is 11.1. The SMILES string of the molecule is C[C@@H](C(=O)c1ccc2c(c1)NC(=O)CO2)n1nnc2sc3c(c2c1=O)CC[C@@H](C(C)(C)C)C3. The molecule has 2 aromatic heterocycles. The van der Waals surface area contributed by atoms with E-state index in [0.717, 1.165) is 24.8 Å². The highest BCUT2D eigenvalue weighted by Crippen LogP contribution is 2.42. The van der Waals surface area contributed by atoms with Gasteiger partial charge in [0.15, 0.2) is 17.2 Å². The fourth-order valence-corrected chi connectivity index (χ4v) is 5.92. The largest absolute Gasteiger partial charge is 0.482 e. The van der Waals surface area contributed by atoms with Crippen molar-refractivity contribution >= 4 is 38.9 Å². The maximum Gasteiger partial charge on any atom is 0.279 e. The fraction of sp³-hybridized carbons (Fsp3) is 0.458. The number of nitrogens with zero attached hydrogens (tertiary/aromatic N) is 3. The number of fused-ring (bicyclic) bond motifs is 4. The Labute approximate surface area is 194 Å². The number of hydrogen-bond acceptors (Lipinski definition) is 7. The Hall–Kier alpha value is -3.07. The van der Waals surface area contributed by atoms with Crippen LogP contribution in [0.25, 0.3) is 10.2 Å². The lowest BCUT2D eigenvalue weighted by atomic mass is 9.72. The lowest BCUT2D eigenvalue weighted by Gasteiger charge is -2.33. The van der Waals surface area contributed by atoms with Crippen LogP contribution in [0.15, 0.2) is 23.0 Å². The van der Waals surface area contributed by atoms with Gasteiger partial charge >= 0.3 is 0 Å². The summed E-state index contributed by atoms with van der Waals surface area (Å²) in [7, 11) is 0. The van der Waals surface area contributed by atoms with Gasteiger partial charge in [-0.2, -0.15) is 4.68 Å². The van der Waals surface area contributed by atoms with Crippen LogP contribution < -0.4 is 15.6 Å². The van der Waals surface area contributed by atoms with Gasteiger partial charge in [-0.1, -0.05) is 26.0 Å². The number of ketones is 1. The molecule has 1 aromatic carbocycles. The second-order valence-corrected chi connectivity index (χ2v) is 11.0. The summed E-state index contributed by atoms with van der Waals surface area (Å²) in [6.45, 7) is 8.37. The number of aromatic nitrogens is 3. The number of aryl methyl sites for hydroxylation is 1. The van der Waals surface area contributed by atoms with Gasteiger partial charge in [0, 0.05) is 10.4 Å². The topological polar surface area (TPSA) is 103 Å². The molecule has 2 atom stereocenters. The molecule has 0 unspecified atom stereocenters. The number of rotatable bonds is 3. The van der Waals surface area contributed by atoms with Crippen LogP contribution in [0.2, 0.25) is 0 Å². The minimum Gasteiger partial charge on any atom is -0.482 e. The molecule has 3 aromatic rings. The highest BCUT2D eigenvalue weighted by Gasteiger charge is 2.32. The number of anilines is 1. The van der Waals surface area contributed by atoms with E-state index in [0.29, 0.717) is 33.1 Å². The van der Waals surface area contributed by atoms with Crippen molar-refractivity contribution in [1.82, 2.24) is 15.0 Å². The summed E-state index contributed by atoms with van der Waals surface area (Å²) in [6, 6.07) is 4.01. The van der Waals surface area contributed by atoms with E-state index >= 15 is 0 Å². The van der Waals surface area contributed by atoms with Crippen LogP contribution in [0.4, 0.5) is 5.69 Å². The molecule has 5 rings (SSSR count). The molecule has 2 aliphatic rings. The molecular formula is C24H26N4O4S. The van der Waals surface area contributed by atoms with E-state index < -0.39 is 6.04 Å². The van der Waals surface area contributed by atoms with Gasteiger partial charge in [0.05, 0.1) is 11.1 Å². The van der Waals surface area contributed by atoms with Gasteiger partial charge in [-0.3, -0.25) is 14.4 Å². The highest BCUT2D eigenvalue weighted by atomic mass is 32.1. The van der Waals surface area contributed by atoms with Crippen LogP contribution in [0.1, 0.15) is 61.0 Å². The first-order valence-corrected chi connectivity index (χ1v) is 12.0. The smallest absolute Gasteiger partial charge is 0.279 e. The summed E-state index contributed by atoms with van der Waals surface area (Å²) < 4.78 is 6.54. The summed E-state index contributed by atoms with van der Waals surface area (Å²) in [5.74, 6) is 0.506. The molecule has 8 nitrogen and oxygen atoms in total. The zero-order valence-electron chi connectivity index (χ0n) is 19.1. The second-order valence-electron chi connectivity index (χ2n) is 9.92. The Morgan fingerprint density at radius 2 is 2.09 bits per heavy atom. The van der Waals surface area contributed by atoms with Crippen molar-refractivity contribution < 1.29 is 14.3 Å². The predicted octanol–water partition coefficient (Wildman–Crippen LogP) is 3.78. The van der Waals surface area contributed by atoms with Crippen LogP contribution in [0, 0.1) is 11.3 Å². The van der Waals surface area contributed by atoms with Crippen LogP contribution in [-0.2, 0) is 17.6 Å². The molecule has 0 bridgehead atoms. The van der Waals surface area contributed by atoms with E-state index in [9.17, 15) is 14.4 Å². The number of benzene rings is 1. The third kappa shape index (κ3) is 3.74. The number of amides is 1. The molecule has 1 N–H and O–H groups in total. The molecule has 0 radical (unpaired) electrons. The van der Waals surface area contributed by atoms with Gasteiger partial charge < -0.3 is 10.1 Å². The van der Waals surface area contributed by atoms with Gasteiger partial charge in [-0.15, -0.1) is 16.4 Å². The van der Waals surface area contributed by atoms with Crippen molar-refractivity contribution in [2.45, 2.75) is 53.0 Å². The number of carbonyl (C=O) groups is 2. The Balaban J connectivity index is 1.49. The monoisotopic (exact) mass is 466 g/mol. The molecule has 33 heavy (non-hydrogen) atoms. The van der Waals surface area contributed by atoms with Crippen molar-refractivity contribution in [2.75, 3.05) is 11.9 Å². The quantitative estimate of drug-likeness (QED) is 0.589. The normalized spacial score (nSPS) is 18.8. The maximum atomic E-state index is 13.4. The molecular weight excluding hydrogens is 440 g/mol. The molecule has 0 spiro atoms. The van der Waals surface area contributed by atoms with E-state index in [1.165, 1.54) is 9.56 Å². The minimum absolute atomic E-state index is 0.0524. The Morgan fingerprint density at radius 3 is 2.85 bits per heavy atom. The van der Waals surface area contributed by atoms with Gasteiger partial charge in [0.25, 0.3) is 11.5 Å². The third-order valence-electron chi connectivity index (χ3n) is 6.77. The highest BCUT2D eigenvalue weighted by molar-refractivity contribution is 7.18. The van der Waals surface area contributed by atoms with Crippen LogP contribution in [0.3, 0.4) is 0 Å². The first-order chi connectivity index (χ1) is 15.6. The summed E-state index contributed by atoms with van der Waals surface area (Å²) in [5, 5.41) is 11.7. The minimum atomic E-state index is -0.839. The van der Waals surface area contributed by atoms with Gasteiger partial charge in [-0.25, -0.2) is 0 Å². The molecule has 0 saturated carbocycles. The molecule has 0 saturated heterocycles. The summed E-state index contributed by atoms with van der Waals surface area (Å²) in [4.78, 5) is 40.1. The first kappa shape index (κ1) is 21.8. The molecule has 172 valence electrons. The molecule has 1 aliphatic carbocycles. The maximum absolute atomic E-state index is 13.4. The average Bonchev–Trinajstić information content (AvgIpc) is 3.16. The summed E-state index contributed by atoms with van der Waals surface area (Å²) in [6.07, 6.45) is 2.81. The Kier molecular flexibility index (Phi) is 5.12. The standard InChI is InChI=1S/C24H26N4O4S/c1-12(21(30)13-5-8-17-16(9-13)25-19(29)11-32-17)28-23(31)20-15-7-6-14(24(2,3)4)10-18(15)33-22(20)26-27-28/h5,8-9,12,14H,6-7,10-11H2,1-4H3,(H,25,29)/t12-,14+/m0/s1. The summed E-state index contributed by atoms with van der Waals surface area (Å²) in [5.41, 5.74) is 1.80. The van der Waals surface area contributed by atoms with E-state index in [4.69, 9.17) is 4.74 Å². The van der Waals surface area contributed by atoms with Crippen LogP contribution in [0.5, 0.6) is 5.75 Å². The van der Waals surface area contributed by atoms with Gasteiger partial charge in [0.2, 0.25) is 0 Å². The van der Waals surface area contributed by atoms with E-state index in [2.05, 4.69) is 36.4 Å². The lowest BCUT2D eigenvalue weighted by Crippen LogP contribution is -2.32. The fourth-order valence-electron chi connectivity index (χ4n) is 4.69. The zero-order valence-corrected chi connectivity index (χ0v) is 19.9. The number of carbonyl (C=O) groups excluding carboxylic acids is 2. The molecule has 1 amide bonds. The predicted molar refractivity (Wildman–Crippen MR) is 126 cm³/mol. The molecule has 1 aliphatic heterocycles. The number of ether oxygens (including phenoxy) is 1. The molecule has 0 fully saturated rings. The number of thiophene rings is 1. The zero-order chi connectivity index (χ0) is 23.5. The average molecular weight is 467 g/mol. The van der Waals surface area contributed by atoms with Crippen molar-refractivity contribution in [3.8, 4) is 5.75 Å². The molecule has 3 heterocycles. The van der Waals surface area contributed by atoms with Gasteiger partial charge in [-0.05, 0) is 61.3 Å². The van der Waals surface area contributed by atoms with Gasteiger partial charge in [0.1, 0.15) is 11.8 Å². The molecule has 9 heteroatoms. The Bertz CT molecular complexity index is 1350. The number of nitrogens with one attached hydrogen (secondary N) is 1. The van der Waals surface area contributed by atoms with E-state index in [1.54, 1.807) is 36.5 Å². The summed E-state index contributed by atoms with van der Waals surface area (Å²) >= 11 is 1.55.